The van der Waals surface area contributed by atoms with Gasteiger partial charge in [0.15, 0.2) is 0 Å². The fourth-order valence-electron chi connectivity index (χ4n) is 2.37. The predicted molar refractivity (Wildman–Crippen MR) is 96.5 cm³/mol. The number of amides is 3. The summed E-state index contributed by atoms with van der Waals surface area (Å²) < 4.78 is 0. The smallest absolute Gasteiger partial charge is 0.255 e. The summed E-state index contributed by atoms with van der Waals surface area (Å²) in [6, 6.07) is 13.7. The Balaban J connectivity index is 1.64. The van der Waals surface area contributed by atoms with Crippen LogP contribution in [0.2, 0.25) is 0 Å². The van der Waals surface area contributed by atoms with Gasteiger partial charge in [-0.25, -0.2) is 0 Å². The van der Waals surface area contributed by atoms with Crippen LogP contribution in [-0.2, 0) is 9.59 Å². The normalized spacial score (nSPS) is 13.0. The first kappa shape index (κ1) is 16.7. The van der Waals surface area contributed by atoms with Crippen LogP contribution in [0.15, 0.2) is 48.5 Å². The molecule has 0 aromatic heterocycles. The van der Waals surface area contributed by atoms with E-state index in [2.05, 4.69) is 16.0 Å². The van der Waals surface area contributed by atoms with E-state index in [-0.39, 0.29) is 23.6 Å². The van der Waals surface area contributed by atoms with Crippen molar-refractivity contribution in [2.75, 3.05) is 16.0 Å². The van der Waals surface area contributed by atoms with E-state index >= 15 is 0 Å². The van der Waals surface area contributed by atoms with Crippen LogP contribution in [0.5, 0.6) is 0 Å². The molecule has 1 saturated carbocycles. The molecule has 0 spiro atoms. The van der Waals surface area contributed by atoms with Crippen LogP contribution < -0.4 is 16.0 Å². The molecule has 1 fully saturated rings. The van der Waals surface area contributed by atoms with E-state index in [1.807, 2.05) is 0 Å². The highest BCUT2D eigenvalue weighted by Gasteiger charge is 2.29. The van der Waals surface area contributed by atoms with Crippen LogP contribution in [0.3, 0.4) is 0 Å². The molecular weight excluding hydrogens is 318 g/mol. The first-order valence-corrected chi connectivity index (χ1v) is 8.11. The fraction of sp³-hybridized carbons (Fsp3) is 0.211. The third-order valence-electron chi connectivity index (χ3n) is 3.80. The van der Waals surface area contributed by atoms with Crippen LogP contribution in [-0.4, -0.2) is 17.7 Å². The third-order valence-corrected chi connectivity index (χ3v) is 3.80. The maximum Gasteiger partial charge on any atom is 0.255 e. The van der Waals surface area contributed by atoms with E-state index in [1.54, 1.807) is 48.5 Å². The van der Waals surface area contributed by atoms with Crippen LogP contribution >= 0.6 is 0 Å². The monoisotopic (exact) mass is 337 g/mol. The molecule has 2 aromatic rings. The molecule has 128 valence electrons. The van der Waals surface area contributed by atoms with Gasteiger partial charge < -0.3 is 16.0 Å². The van der Waals surface area contributed by atoms with Gasteiger partial charge in [-0.3, -0.25) is 14.4 Å². The van der Waals surface area contributed by atoms with Crippen LogP contribution in [0.1, 0.15) is 30.1 Å². The maximum atomic E-state index is 12.4. The second-order valence-corrected chi connectivity index (χ2v) is 6.06. The van der Waals surface area contributed by atoms with E-state index in [4.69, 9.17) is 0 Å². The Labute approximate surface area is 145 Å². The van der Waals surface area contributed by atoms with Crippen molar-refractivity contribution < 1.29 is 14.4 Å². The summed E-state index contributed by atoms with van der Waals surface area (Å²) in [6.07, 6.45) is 1.86. The Kier molecular flexibility index (Phi) is 4.79. The molecular formula is C19H19N3O3. The standard InChI is InChI=1S/C19H19N3O3/c1-12(23)20-15-7-9-16(10-8-15)21-19(25)14-3-2-4-17(11-14)22-18(24)13-5-6-13/h2-4,7-11,13H,5-6H2,1H3,(H,20,23)(H,21,25)(H,22,24). The summed E-state index contributed by atoms with van der Waals surface area (Å²) in [5.41, 5.74) is 2.35. The van der Waals surface area contributed by atoms with E-state index in [9.17, 15) is 14.4 Å². The zero-order chi connectivity index (χ0) is 17.8. The van der Waals surface area contributed by atoms with Gasteiger partial charge in [0.05, 0.1) is 0 Å². The molecule has 0 saturated heterocycles. The van der Waals surface area contributed by atoms with Crippen LogP contribution in [0.4, 0.5) is 17.1 Å². The topological polar surface area (TPSA) is 87.3 Å². The summed E-state index contributed by atoms with van der Waals surface area (Å²) in [5, 5.41) is 8.28. The van der Waals surface area contributed by atoms with Crippen molar-refractivity contribution in [3.8, 4) is 0 Å². The van der Waals surface area contributed by atoms with Gasteiger partial charge in [0.1, 0.15) is 0 Å². The molecule has 0 atom stereocenters. The van der Waals surface area contributed by atoms with Gasteiger partial charge in [0, 0.05) is 35.5 Å². The number of hydrogen-bond donors (Lipinski definition) is 3. The minimum Gasteiger partial charge on any atom is -0.326 e. The second kappa shape index (κ2) is 7.17. The van der Waals surface area contributed by atoms with Gasteiger partial charge in [-0.1, -0.05) is 6.07 Å². The molecule has 1 aliphatic carbocycles. The summed E-state index contributed by atoms with van der Waals surface area (Å²) in [5.74, 6) is -0.303. The molecule has 2 aromatic carbocycles. The highest BCUT2D eigenvalue weighted by molar-refractivity contribution is 6.05. The van der Waals surface area contributed by atoms with Crippen molar-refractivity contribution in [3.05, 3.63) is 54.1 Å². The van der Waals surface area contributed by atoms with Gasteiger partial charge in [0.2, 0.25) is 11.8 Å². The molecule has 1 aliphatic rings. The SMILES string of the molecule is CC(=O)Nc1ccc(NC(=O)c2cccc(NC(=O)C3CC3)c2)cc1. The van der Waals surface area contributed by atoms with E-state index < -0.39 is 0 Å². The lowest BCUT2D eigenvalue weighted by molar-refractivity contribution is -0.117. The van der Waals surface area contributed by atoms with Crippen LogP contribution in [0, 0.1) is 5.92 Å². The molecule has 6 nitrogen and oxygen atoms in total. The Morgan fingerprint density at radius 3 is 2.08 bits per heavy atom. The Hall–Kier alpha value is -3.15. The second-order valence-electron chi connectivity index (χ2n) is 6.06. The molecule has 0 heterocycles. The summed E-state index contributed by atoms with van der Waals surface area (Å²) in [7, 11) is 0. The lowest BCUT2D eigenvalue weighted by Gasteiger charge is -2.09. The quantitative estimate of drug-likeness (QED) is 0.782. The molecule has 0 radical (unpaired) electrons. The summed E-state index contributed by atoms with van der Waals surface area (Å²) in [6.45, 7) is 1.44. The Morgan fingerprint density at radius 2 is 1.48 bits per heavy atom. The molecule has 0 aliphatic heterocycles. The van der Waals surface area contributed by atoms with Gasteiger partial charge >= 0.3 is 0 Å². The number of anilines is 3. The molecule has 6 heteroatoms. The van der Waals surface area contributed by atoms with Gasteiger partial charge in [0.25, 0.3) is 5.91 Å². The van der Waals surface area contributed by atoms with Crippen LogP contribution in [0.25, 0.3) is 0 Å². The maximum absolute atomic E-state index is 12.4. The highest BCUT2D eigenvalue weighted by atomic mass is 16.2. The van der Waals surface area contributed by atoms with Crippen molar-refractivity contribution in [1.82, 2.24) is 0 Å². The van der Waals surface area contributed by atoms with Crippen molar-refractivity contribution >= 4 is 34.8 Å². The number of carbonyl (C=O) groups is 3. The van der Waals surface area contributed by atoms with Crippen molar-refractivity contribution in [2.24, 2.45) is 5.92 Å². The minimum absolute atomic E-state index is 0.00567. The van der Waals surface area contributed by atoms with Crippen molar-refractivity contribution in [2.45, 2.75) is 19.8 Å². The average Bonchev–Trinajstić information content (AvgIpc) is 3.41. The van der Waals surface area contributed by atoms with Crippen molar-refractivity contribution in [3.63, 3.8) is 0 Å². The molecule has 3 N–H and O–H groups in total. The van der Waals surface area contributed by atoms with E-state index in [0.29, 0.717) is 22.6 Å². The zero-order valence-corrected chi connectivity index (χ0v) is 13.8. The first-order chi connectivity index (χ1) is 12.0. The lowest BCUT2D eigenvalue weighted by atomic mass is 10.1. The number of carbonyl (C=O) groups excluding carboxylic acids is 3. The predicted octanol–water partition coefficient (Wildman–Crippen LogP) is 3.25. The number of benzene rings is 2. The van der Waals surface area contributed by atoms with Gasteiger partial charge in [-0.2, -0.15) is 0 Å². The lowest BCUT2D eigenvalue weighted by Crippen LogP contribution is -2.15. The molecule has 0 unspecified atom stereocenters. The Bertz CT molecular complexity index is 811. The third kappa shape index (κ3) is 4.67. The first-order valence-electron chi connectivity index (χ1n) is 8.11. The van der Waals surface area contributed by atoms with E-state index in [0.717, 1.165) is 12.8 Å². The number of rotatable bonds is 5. The fourth-order valence-corrected chi connectivity index (χ4v) is 2.37. The zero-order valence-electron chi connectivity index (χ0n) is 13.8. The summed E-state index contributed by atoms with van der Waals surface area (Å²) >= 11 is 0. The number of nitrogens with one attached hydrogen (secondary N) is 3. The van der Waals surface area contributed by atoms with Crippen molar-refractivity contribution in [1.29, 1.82) is 0 Å². The molecule has 25 heavy (non-hydrogen) atoms. The molecule has 0 bridgehead atoms. The van der Waals surface area contributed by atoms with Gasteiger partial charge in [-0.05, 0) is 55.3 Å². The largest absolute Gasteiger partial charge is 0.326 e. The highest BCUT2D eigenvalue weighted by Crippen LogP contribution is 2.30. The van der Waals surface area contributed by atoms with Gasteiger partial charge in [-0.15, -0.1) is 0 Å². The Morgan fingerprint density at radius 1 is 0.840 bits per heavy atom. The average molecular weight is 337 g/mol. The van der Waals surface area contributed by atoms with E-state index in [1.165, 1.54) is 6.92 Å². The summed E-state index contributed by atoms with van der Waals surface area (Å²) in [4.78, 5) is 35.2. The molecule has 3 amide bonds. The molecule has 3 rings (SSSR count). The number of hydrogen-bond acceptors (Lipinski definition) is 3. The minimum atomic E-state index is -0.269.